The Morgan fingerprint density at radius 3 is 2.68 bits per heavy atom. The highest BCUT2D eigenvalue weighted by Crippen LogP contribution is 2.40. The first kappa shape index (κ1) is 26.5. The van der Waals surface area contributed by atoms with Crippen molar-refractivity contribution in [2.45, 2.75) is 77.0 Å². The fourth-order valence-corrected chi connectivity index (χ4v) is 5.97. The number of rotatable bonds is 10. The molecule has 2 fully saturated rings. The molecule has 1 heterocycles. The number of aromatic hydroxyl groups is 1. The predicted molar refractivity (Wildman–Crippen MR) is 137 cm³/mol. The standard InChI is InChI=1S/C28H45N3O3/c1-21-20-31(18-15-28(21,2)23-11-7-12-24(32)19-23)17-14-25(22-9-5-4-6-10-22)27(34)30-16-8-13-26(33)29-3/h7,11-12,19,21-22,25,32H,4-6,8-10,13-18,20H2,1-3H3,(H,29,33)(H,30,34). The topological polar surface area (TPSA) is 81.7 Å². The molecule has 6 nitrogen and oxygen atoms in total. The van der Waals surface area contributed by atoms with Gasteiger partial charge in [-0.05, 0) is 80.1 Å². The second-order valence-electron chi connectivity index (χ2n) is 10.8. The van der Waals surface area contributed by atoms with Crippen LogP contribution in [0.25, 0.3) is 0 Å². The van der Waals surface area contributed by atoms with E-state index in [0.717, 1.165) is 45.3 Å². The molecule has 0 spiro atoms. The molecule has 1 saturated heterocycles. The van der Waals surface area contributed by atoms with Crippen LogP contribution >= 0.6 is 0 Å². The Morgan fingerprint density at radius 2 is 2.00 bits per heavy atom. The zero-order chi connectivity index (χ0) is 24.6. The summed E-state index contributed by atoms with van der Waals surface area (Å²) < 4.78 is 0. The summed E-state index contributed by atoms with van der Waals surface area (Å²) in [6.07, 6.45) is 9.15. The number of benzene rings is 1. The summed E-state index contributed by atoms with van der Waals surface area (Å²) in [6.45, 7) is 8.18. The zero-order valence-corrected chi connectivity index (χ0v) is 21.4. The molecule has 1 aromatic carbocycles. The molecule has 1 aliphatic carbocycles. The van der Waals surface area contributed by atoms with Crippen LogP contribution in [0.3, 0.4) is 0 Å². The van der Waals surface area contributed by atoms with Crippen molar-refractivity contribution in [3.05, 3.63) is 29.8 Å². The van der Waals surface area contributed by atoms with Gasteiger partial charge in [0, 0.05) is 32.5 Å². The molecule has 0 radical (unpaired) electrons. The Morgan fingerprint density at radius 1 is 1.24 bits per heavy atom. The third-order valence-corrected chi connectivity index (χ3v) is 8.54. The van der Waals surface area contributed by atoms with Crippen LogP contribution in [0, 0.1) is 17.8 Å². The lowest BCUT2D eigenvalue weighted by atomic mass is 9.68. The van der Waals surface area contributed by atoms with Gasteiger partial charge in [-0.1, -0.05) is 45.2 Å². The van der Waals surface area contributed by atoms with Crippen LogP contribution in [0.15, 0.2) is 24.3 Å². The second kappa shape index (κ2) is 12.6. The van der Waals surface area contributed by atoms with E-state index in [4.69, 9.17) is 0 Å². The molecule has 1 saturated carbocycles. The van der Waals surface area contributed by atoms with Gasteiger partial charge in [-0.15, -0.1) is 0 Å². The summed E-state index contributed by atoms with van der Waals surface area (Å²) >= 11 is 0. The first-order valence-electron chi connectivity index (χ1n) is 13.3. The molecular weight excluding hydrogens is 426 g/mol. The van der Waals surface area contributed by atoms with Crippen LogP contribution in [0.1, 0.15) is 77.2 Å². The lowest BCUT2D eigenvalue weighted by molar-refractivity contribution is -0.128. The lowest BCUT2D eigenvalue weighted by Crippen LogP contribution is -2.48. The van der Waals surface area contributed by atoms with Gasteiger partial charge in [-0.3, -0.25) is 9.59 Å². The van der Waals surface area contributed by atoms with Crippen LogP contribution in [-0.2, 0) is 15.0 Å². The number of nitrogens with zero attached hydrogens (tertiary/aromatic N) is 1. The molecule has 2 aliphatic rings. The Kier molecular flexibility index (Phi) is 9.81. The summed E-state index contributed by atoms with van der Waals surface area (Å²) in [4.78, 5) is 27.1. The number of hydrogen-bond acceptors (Lipinski definition) is 4. The number of phenolic OH excluding ortho intramolecular Hbond substituents is 1. The molecule has 6 heteroatoms. The Balaban J connectivity index is 1.55. The predicted octanol–water partition coefficient (Wildman–Crippen LogP) is 4.22. The maximum absolute atomic E-state index is 13.2. The van der Waals surface area contributed by atoms with Gasteiger partial charge in [0.25, 0.3) is 0 Å². The number of carbonyl (C=O) groups excluding carboxylic acids is 2. The Hall–Kier alpha value is -2.08. The van der Waals surface area contributed by atoms with Crippen LogP contribution in [0.4, 0.5) is 0 Å². The highest BCUT2D eigenvalue weighted by atomic mass is 16.3. The molecule has 3 atom stereocenters. The molecule has 2 amide bonds. The summed E-state index contributed by atoms with van der Waals surface area (Å²) in [5.74, 6) is 1.55. The average Bonchev–Trinajstić information content (AvgIpc) is 2.84. The van der Waals surface area contributed by atoms with Crippen molar-refractivity contribution < 1.29 is 14.7 Å². The van der Waals surface area contributed by atoms with E-state index < -0.39 is 0 Å². The first-order chi connectivity index (χ1) is 16.3. The van der Waals surface area contributed by atoms with E-state index in [-0.39, 0.29) is 23.1 Å². The zero-order valence-electron chi connectivity index (χ0n) is 21.4. The fourth-order valence-electron chi connectivity index (χ4n) is 5.97. The van der Waals surface area contributed by atoms with Gasteiger partial charge in [-0.2, -0.15) is 0 Å². The van der Waals surface area contributed by atoms with Crippen molar-refractivity contribution in [1.82, 2.24) is 15.5 Å². The summed E-state index contributed by atoms with van der Waals surface area (Å²) in [5, 5.41) is 15.7. The lowest BCUT2D eigenvalue weighted by Gasteiger charge is -2.45. The monoisotopic (exact) mass is 471 g/mol. The highest BCUT2D eigenvalue weighted by Gasteiger charge is 2.38. The number of amides is 2. The van der Waals surface area contributed by atoms with Gasteiger partial charge in [0.05, 0.1) is 0 Å². The van der Waals surface area contributed by atoms with Crippen LogP contribution in [0.2, 0.25) is 0 Å². The molecule has 3 rings (SSSR count). The van der Waals surface area contributed by atoms with Gasteiger partial charge in [-0.25, -0.2) is 0 Å². The molecular formula is C28H45N3O3. The normalized spacial score (nSPS) is 25.0. The first-order valence-corrected chi connectivity index (χ1v) is 13.3. The minimum Gasteiger partial charge on any atom is -0.508 e. The molecule has 34 heavy (non-hydrogen) atoms. The number of nitrogens with one attached hydrogen (secondary N) is 2. The third-order valence-electron chi connectivity index (χ3n) is 8.54. The van der Waals surface area contributed by atoms with E-state index in [0.29, 0.717) is 37.0 Å². The Bertz CT molecular complexity index is 808. The van der Waals surface area contributed by atoms with Crippen molar-refractivity contribution >= 4 is 11.8 Å². The van der Waals surface area contributed by atoms with Gasteiger partial charge >= 0.3 is 0 Å². The minimum atomic E-state index is 0.0232. The van der Waals surface area contributed by atoms with Crippen molar-refractivity contribution in [2.75, 3.05) is 33.2 Å². The quantitative estimate of drug-likeness (QED) is 0.446. The van der Waals surface area contributed by atoms with E-state index in [1.807, 2.05) is 12.1 Å². The van der Waals surface area contributed by atoms with Crippen molar-refractivity contribution in [3.8, 4) is 5.75 Å². The van der Waals surface area contributed by atoms with Crippen LogP contribution in [-0.4, -0.2) is 55.0 Å². The second-order valence-corrected chi connectivity index (χ2v) is 10.8. The largest absolute Gasteiger partial charge is 0.508 e. The molecule has 0 bridgehead atoms. The summed E-state index contributed by atoms with van der Waals surface area (Å²) in [6, 6.07) is 7.73. The van der Waals surface area contributed by atoms with Crippen LogP contribution < -0.4 is 10.6 Å². The maximum Gasteiger partial charge on any atom is 0.223 e. The number of phenols is 1. The fraction of sp³-hybridized carbons (Fsp3) is 0.714. The summed E-state index contributed by atoms with van der Waals surface area (Å²) in [5.41, 5.74) is 1.27. The van der Waals surface area contributed by atoms with Gasteiger partial charge in [0.15, 0.2) is 0 Å². The molecule has 190 valence electrons. The highest BCUT2D eigenvalue weighted by molar-refractivity contribution is 5.79. The van der Waals surface area contributed by atoms with E-state index in [1.165, 1.54) is 24.8 Å². The van der Waals surface area contributed by atoms with Gasteiger partial charge in [0.1, 0.15) is 5.75 Å². The summed E-state index contributed by atoms with van der Waals surface area (Å²) in [7, 11) is 1.65. The maximum atomic E-state index is 13.2. The van der Waals surface area contributed by atoms with Crippen LogP contribution in [0.5, 0.6) is 5.75 Å². The Labute approximate surface area is 205 Å². The van der Waals surface area contributed by atoms with Crippen molar-refractivity contribution in [2.24, 2.45) is 17.8 Å². The van der Waals surface area contributed by atoms with E-state index >= 15 is 0 Å². The van der Waals surface area contributed by atoms with E-state index in [1.54, 1.807) is 13.1 Å². The number of carbonyl (C=O) groups is 2. The smallest absolute Gasteiger partial charge is 0.223 e. The number of piperidine rings is 1. The number of likely N-dealkylation sites (tertiary alicyclic amines) is 1. The minimum absolute atomic E-state index is 0.0232. The van der Waals surface area contributed by atoms with Crippen molar-refractivity contribution in [3.63, 3.8) is 0 Å². The van der Waals surface area contributed by atoms with Gasteiger partial charge in [0.2, 0.25) is 11.8 Å². The molecule has 1 aromatic rings. The van der Waals surface area contributed by atoms with Crippen molar-refractivity contribution in [1.29, 1.82) is 0 Å². The van der Waals surface area contributed by atoms with E-state index in [2.05, 4.69) is 35.4 Å². The SMILES string of the molecule is CNC(=O)CCCNC(=O)C(CCN1CCC(C)(c2cccc(O)c2)C(C)C1)C1CCCCC1. The molecule has 3 unspecified atom stereocenters. The average molecular weight is 472 g/mol. The van der Waals surface area contributed by atoms with E-state index in [9.17, 15) is 14.7 Å². The van der Waals surface area contributed by atoms with Gasteiger partial charge < -0.3 is 20.6 Å². The molecule has 1 aliphatic heterocycles. The molecule has 0 aromatic heterocycles. The molecule has 3 N–H and O–H groups in total. The number of hydrogen-bond donors (Lipinski definition) is 3. The third kappa shape index (κ3) is 6.97.